The maximum absolute atomic E-state index is 11.4. The van der Waals surface area contributed by atoms with Crippen molar-refractivity contribution < 1.29 is 14.3 Å². The van der Waals surface area contributed by atoms with Gasteiger partial charge in [0.1, 0.15) is 5.82 Å². The quantitative estimate of drug-likeness (QED) is 0.701. The van der Waals surface area contributed by atoms with Gasteiger partial charge in [0, 0.05) is 36.1 Å². The van der Waals surface area contributed by atoms with E-state index in [1.54, 1.807) is 12.4 Å². The van der Waals surface area contributed by atoms with Crippen molar-refractivity contribution in [1.82, 2.24) is 9.97 Å². The molecule has 0 saturated heterocycles. The predicted molar refractivity (Wildman–Crippen MR) is 101 cm³/mol. The second-order valence-corrected chi connectivity index (χ2v) is 5.50. The number of nitrogens with one attached hydrogen (secondary N) is 2. The van der Waals surface area contributed by atoms with E-state index in [0.717, 1.165) is 22.0 Å². The van der Waals surface area contributed by atoms with E-state index >= 15 is 0 Å². The van der Waals surface area contributed by atoms with E-state index < -0.39 is 6.09 Å². The summed E-state index contributed by atoms with van der Waals surface area (Å²) in [5, 5.41) is 7.79. The van der Waals surface area contributed by atoms with E-state index in [1.165, 1.54) is 7.11 Å². The molecule has 134 valence electrons. The van der Waals surface area contributed by atoms with Gasteiger partial charge in [-0.25, -0.2) is 14.8 Å². The number of rotatable bonds is 6. The topological polar surface area (TPSA) is 85.4 Å². The van der Waals surface area contributed by atoms with Gasteiger partial charge in [0.15, 0.2) is 0 Å². The first-order valence-electron chi connectivity index (χ1n) is 8.25. The number of carbonyl (C=O) groups is 1. The van der Waals surface area contributed by atoms with Crippen LogP contribution >= 0.6 is 0 Å². The van der Waals surface area contributed by atoms with E-state index in [9.17, 15) is 4.79 Å². The summed E-state index contributed by atoms with van der Waals surface area (Å²) in [6, 6.07) is 11.6. The fourth-order valence-electron chi connectivity index (χ4n) is 2.53. The number of methoxy groups -OCH3 is 1. The maximum atomic E-state index is 11.4. The van der Waals surface area contributed by atoms with E-state index in [4.69, 9.17) is 4.74 Å². The molecule has 0 saturated carbocycles. The molecule has 26 heavy (non-hydrogen) atoms. The van der Waals surface area contributed by atoms with Gasteiger partial charge in [-0.1, -0.05) is 0 Å². The van der Waals surface area contributed by atoms with Gasteiger partial charge in [-0.05, 0) is 48.2 Å². The number of fused-ring (bicyclic) bond motifs is 1. The molecule has 2 heterocycles. The average molecular weight is 352 g/mol. The van der Waals surface area contributed by atoms with E-state index in [2.05, 4.69) is 25.3 Å². The number of ether oxygens (including phenoxy) is 2. The Morgan fingerprint density at radius 1 is 1.12 bits per heavy atom. The molecule has 1 amide bonds. The lowest BCUT2D eigenvalue weighted by Gasteiger charge is -2.11. The zero-order chi connectivity index (χ0) is 18.4. The van der Waals surface area contributed by atoms with Crippen LogP contribution in [-0.2, 0) is 11.3 Å². The van der Waals surface area contributed by atoms with Gasteiger partial charge < -0.3 is 14.8 Å². The van der Waals surface area contributed by atoms with Crippen LogP contribution in [0.2, 0.25) is 0 Å². The van der Waals surface area contributed by atoms with Crippen LogP contribution in [0.4, 0.5) is 16.3 Å². The summed E-state index contributed by atoms with van der Waals surface area (Å²) < 4.78 is 10.0. The maximum Gasteiger partial charge on any atom is 0.412 e. The van der Waals surface area contributed by atoms with Gasteiger partial charge in [-0.3, -0.25) is 5.32 Å². The molecule has 7 nitrogen and oxygen atoms in total. The number of hydrogen-bond acceptors (Lipinski definition) is 6. The monoisotopic (exact) mass is 352 g/mol. The SMILES string of the molecule is CCOc1cc(CNc2ccc3c(NC(=O)OC)nccc3c2)ccn1. The van der Waals surface area contributed by atoms with Crippen molar-refractivity contribution in [3.05, 3.63) is 54.4 Å². The minimum atomic E-state index is -0.546. The Bertz CT molecular complexity index is 914. The molecular formula is C19H20N4O3. The zero-order valence-corrected chi connectivity index (χ0v) is 14.7. The fourth-order valence-corrected chi connectivity index (χ4v) is 2.53. The Hall–Kier alpha value is -3.35. The molecule has 3 aromatic rings. The van der Waals surface area contributed by atoms with Crippen LogP contribution in [0.5, 0.6) is 5.88 Å². The van der Waals surface area contributed by atoms with Crippen molar-refractivity contribution in [3.63, 3.8) is 0 Å². The van der Waals surface area contributed by atoms with Crippen molar-refractivity contribution >= 4 is 28.4 Å². The minimum absolute atomic E-state index is 0.469. The highest BCUT2D eigenvalue weighted by molar-refractivity contribution is 5.99. The third-order valence-electron chi connectivity index (χ3n) is 3.76. The summed E-state index contributed by atoms with van der Waals surface area (Å²) in [5.74, 6) is 1.09. The summed E-state index contributed by atoms with van der Waals surface area (Å²) >= 11 is 0. The second kappa shape index (κ2) is 8.15. The third-order valence-corrected chi connectivity index (χ3v) is 3.76. The lowest BCUT2D eigenvalue weighted by Crippen LogP contribution is -2.12. The van der Waals surface area contributed by atoms with Gasteiger partial charge in [-0.2, -0.15) is 0 Å². The summed E-state index contributed by atoms with van der Waals surface area (Å²) in [7, 11) is 1.32. The van der Waals surface area contributed by atoms with Crippen LogP contribution in [-0.4, -0.2) is 29.8 Å². The number of hydrogen-bond donors (Lipinski definition) is 2. The molecule has 0 aliphatic rings. The van der Waals surface area contributed by atoms with Crippen LogP contribution in [0.3, 0.4) is 0 Å². The van der Waals surface area contributed by atoms with Gasteiger partial charge in [0.2, 0.25) is 5.88 Å². The first-order valence-corrected chi connectivity index (χ1v) is 8.25. The predicted octanol–water partition coefficient (Wildman–Crippen LogP) is 3.82. The van der Waals surface area contributed by atoms with Crippen LogP contribution in [0.1, 0.15) is 12.5 Å². The van der Waals surface area contributed by atoms with E-state index in [-0.39, 0.29) is 0 Å². The molecule has 2 N–H and O–H groups in total. The molecule has 1 aromatic carbocycles. The smallest absolute Gasteiger partial charge is 0.412 e. The third kappa shape index (κ3) is 4.18. The molecule has 0 bridgehead atoms. The standard InChI is InChI=1S/C19H20N4O3/c1-3-26-17-10-13(6-8-20-17)12-22-15-4-5-16-14(11-15)7-9-21-18(16)23-19(24)25-2/h4-11,22H,3,12H2,1-2H3,(H,21,23,24). The van der Waals surface area contributed by atoms with Crippen LogP contribution in [0.25, 0.3) is 10.8 Å². The molecule has 0 radical (unpaired) electrons. The number of nitrogens with zero attached hydrogens (tertiary/aromatic N) is 2. The Balaban J connectivity index is 1.75. The van der Waals surface area contributed by atoms with E-state index in [1.807, 2.05) is 43.3 Å². The van der Waals surface area contributed by atoms with Crippen molar-refractivity contribution in [3.8, 4) is 5.88 Å². The minimum Gasteiger partial charge on any atom is -0.478 e. The number of amides is 1. The lowest BCUT2D eigenvalue weighted by atomic mass is 10.1. The molecule has 0 atom stereocenters. The highest BCUT2D eigenvalue weighted by Crippen LogP contribution is 2.25. The first kappa shape index (κ1) is 17.5. The highest BCUT2D eigenvalue weighted by atomic mass is 16.5. The molecule has 7 heteroatoms. The van der Waals surface area contributed by atoms with E-state index in [0.29, 0.717) is 24.8 Å². The molecule has 2 aromatic heterocycles. The number of carbonyl (C=O) groups excluding carboxylic acids is 1. The molecule has 0 aliphatic heterocycles. The molecule has 0 spiro atoms. The molecule has 0 fully saturated rings. The first-order chi connectivity index (χ1) is 12.7. The normalized spacial score (nSPS) is 10.4. The van der Waals surface area contributed by atoms with Gasteiger partial charge in [0.05, 0.1) is 13.7 Å². The molecular weight excluding hydrogens is 332 g/mol. The van der Waals surface area contributed by atoms with Gasteiger partial charge >= 0.3 is 6.09 Å². The van der Waals surface area contributed by atoms with Gasteiger partial charge in [-0.15, -0.1) is 0 Å². The molecule has 0 aliphatic carbocycles. The summed E-state index contributed by atoms with van der Waals surface area (Å²) in [6.45, 7) is 3.16. The lowest BCUT2D eigenvalue weighted by molar-refractivity contribution is 0.187. The van der Waals surface area contributed by atoms with Crippen molar-refractivity contribution in [1.29, 1.82) is 0 Å². The zero-order valence-electron chi connectivity index (χ0n) is 14.7. The number of pyridine rings is 2. The highest BCUT2D eigenvalue weighted by Gasteiger charge is 2.07. The van der Waals surface area contributed by atoms with Crippen molar-refractivity contribution in [2.45, 2.75) is 13.5 Å². The largest absolute Gasteiger partial charge is 0.478 e. The second-order valence-electron chi connectivity index (χ2n) is 5.50. The van der Waals surface area contributed by atoms with Crippen molar-refractivity contribution in [2.75, 3.05) is 24.4 Å². The summed E-state index contributed by atoms with van der Waals surface area (Å²) in [5.41, 5.74) is 2.04. The van der Waals surface area contributed by atoms with Crippen LogP contribution < -0.4 is 15.4 Å². The Morgan fingerprint density at radius 2 is 1.96 bits per heavy atom. The molecule has 0 unspecified atom stereocenters. The van der Waals surface area contributed by atoms with Crippen molar-refractivity contribution in [2.24, 2.45) is 0 Å². The Labute approximate surface area is 151 Å². The van der Waals surface area contributed by atoms with Crippen LogP contribution in [0, 0.1) is 0 Å². The van der Waals surface area contributed by atoms with Gasteiger partial charge in [0.25, 0.3) is 0 Å². The average Bonchev–Trinajstić information content (AvgIpc) is 2.67. The number of benzene rings is 1. The number of anilines is 2. The summed E-state index contributed by atoms with van der Waals surface area (Å²) in [4.78, 5) is 19.8. The molecule has 3 rings (SSSR count). The Morgan fingerprint density at radius 3 is 2.77 bits per heavy atom. The number of aromatic nitrogens is 2. The summed E-state index contributed by atoms with van der Waals surface area (Å²) in [6.07, 6.45) is 2.84. The Kier molecular flexibility index (Phi) is 5.48. The van der Waals surface area contributed by atoms with Crippen LogP contribution in [0.15, 0.2) is 48.8 Å². The fraction of sp³-hybridized carbons (Fsp3) is 0.211.